The zero-order chi connectivity index (χ0) is 14.4. The van der Waals surface area contributed by atoms with Gasteiger partial charge in [-0.1, -0.05) is 6.92 Å². The molecule has 0 heterocycles. The van der Waals surface area contributed by atoms with Crippen molar-refractivity contribution in [3.63, 3.8) is 0 Å². The van der Waals surface area contributed by atoms with E-state index in [9.17, 15) is 27.1 Å². The molecule has 0 amide bonds. The smallest absolute Gasteiger partial charge is 0.389 e. The normalized spacial score (nSPS) is 16.7. The summed E-state index contributed by atoms with van der Waals surface area (Å²) in [6.07, 6.45) is -4.87. The van der Waals surface area contributed by atoms with Crippen LogP contribution in [0.25, 0.3) is 0 Å². The van der Waals surface area contributed by atoms with E-state index in [2.05, 4.69) is 4.74 Å². The molecular weight excluding hydrogens is 261 g/mol. The van der Waals surface area contributed by atoms with Crippen LogP contribution in [0.1, 0.15) is 26.2 Å². The van der Waals surface area contributed by atoms with Crippen molar-refractivity contribution in [1.82, 2.24) is 0 Å². The predicted octanol–water partition coefficient (Wildman–Crippen LogP) is 2.08. The lowest BCUT2D eigenvalue weighted by atomic mass is 9.95. The van der Waals surface area contributed by atoms with Crippen molar-refractivity contribution in [3.8, 4) is 0 Å². The molecule has 0 rings (SSSR count). The van der Waals surface area contributed by atoms with Gasteiger partial charge in [-0.05, 0) is 19.3 Å². The van der Waals surface area contributed by atoms with E-state index in [4.69, 9.17) is 5.73 Å². The van der Waals surface area contributed by atoms with E-state index in [1.807, 2.05) is 0 Å². The molecule has 0 aliphatic heterocycles. The zero-order valence-corrected chi connectivity index (χ0v) is 10.1. The highest BCUT2D eigenvalue weighted by atomic mass is 19.4. The number of alkyl halides is 5. The van der Waals surface area contributed by atoms with Gasteiger partial charge < -0.3 is 15.6 Å². The molecule has 0 bridgehead atoms. The first-order valence-electron chi connectivity index (χ1n) is 5.53. The largest absolute Gasteiger partial charge is 0.455 e. The molecule has 0 aromatic heterocycles. The molecule has 0 saturated heterocycles. The van der Waals surface area contributed by atoms with Gasteiger partial charge in [-0.3, -0.25) is 0 Å². The average Bonchev–Trinajstić information content (AvgIpc) is 2.26. The Labute approximate surface area is 102 Å². The molecule has 18 heavy (non-hydrogen) atoms. The first kappa shape index (κ1) is 17.5. The number of hydrogen-bond acceptors (Lipinski definition) is 3. The van der Waals surface area contributed by atoms with E-state index in [1.54, 1.807) is 6.92 Å². The van der Waals surface area contributed by atoms with Crippen molar-refractivity contribution < 1.29 is 31.8 Å². The van der Waals surface area contributed by atoms with Crippen LogP contribution in [0.4, 0.5) is 22.0 Å². The molecule has 0 spiro atoms. The van der Waals surface area contributed by atoms with Gasteiger partial charge in [0.15, 0.2) is 0 Å². The first-order chi connectivity index (χ1) is 8.08. The Kier molecular flexibility index (Phi) is 6.45. The van der Waals surface area contributed by atoms with Crippen LogP contribution in [0, 0.1) is 0 Å². The summed E-state index contributed by atoms with van der Waals surface area (Å²) >= 11 is 0. The lowest BCUT2D eigenvalue weighted by molar-refractivity contribution is -0.296. The Bertz CT molecular complexity index is 241. The summed E-state index contributed by atoms with van der Waals surface area (Å²) in [6, 6.07) is 0. The topological polar surface area (TPSA) is 55.5 Å². The molecule has 110 valence electrons. The third kappa shape index (κ3) is 5.45. The fourth-order valence-electron chi connectivity index (χ4n) is 1.21. The molecule has 0 aromatic rings. The maximum atomic E-state index is 12.4. The molecule has 1 unspecified atom stereocenters. The molecule has 3 N–H and O–H groups in total. The van der Waals surface area contributed by atoms with E-state index in [1.165, 1.54) is 0 Å². The fourth-order valence-corrected chi connectivity index (χ4v) is 1.21. The van der Waals surface area contributed by atoms with Gasteiger partial charge in [0.1, 0.15) is 6.61 Å². The minimum atomic E-state index is -5.60. The minimum Gasteiger partial charge on any atom is -0.389 e. The quantitative estimate of drug-likeness (QED) is 0.528. The van der Waals surface area contributed by atoms with Gasteiger partial charge in [0, 0.05) is 13.2 Å². The number of halogens is 5. The van der Waals surface area contributed by atoms with Gasteiger partial charge in [0.25, 0.3) is 0 Å². The number of aliphatic hydroxyl groups is 1. The van der Waals surface area contributed by atoms with E-state index in [0.29, 0.717) is 6.42 Å². The molecule has 0 aliphatic carbocycles. The minimum absolute atomic E-state index is 0.00219. The van der Waals surface area contributed by atoms with Crippen molar-refractivity contribution in [3.05, 3.63) is 0 Å². The van der Waals surface area contributed by atoms with Gasteiger partial charge in [-0.25, -0.2) is 0 Å². The molecule has 0 aliphatic rings. The second-order valence-electron chi connectivity index (χ2n) is 4.14. The highest BCUT2D eigenvalue weighted by Gasteiger charge is 2.57. The molecule has 0 radical (unpaired) electrons. The molecule has 1 atom stereocenters. The SMILES string of the molecule is CCC(O)(CN)CCCOCC(F)(F)C(F)(F)F. The number of ether oxygens (including phenoxy) is 1. The Morgan fingerprint density at radius 2 is 1.72 bits per heavy atom. The maximum Gasteiger partial charge on any atom is 0.455 e. The average molecular weight is 279 g/mol. The summed E-state index contributed by atoms with van der Waals surface area (Å²) < 4.78 is 64.4. The van der Waals surface area contributed by atoms with E-state index in [0.717, 1.165) is 0 Å². The fraction of sp³-hybridized carbons (Fsp3) is 1.00. The maximum absolute atomic E-state index is 12.4. The summed E-state index contributed by atoms with van der Waals surface area (Å²) in [5.74, 6) is -4.85. The van der Waals surface area contributed by atoms with Crippen LogP contribution in [0.2, 0.25) is 0 Å². The Balaban J connectivity index is 3.89. The zero-order valence-electron chi connectivity index (χ0n) is 10.1. The van der Waals surface area contributed by atoms with Gasteiger partial charge in [-0.2, -0.15) is 22.0 Å². The Hall–Kier alpha value is -0.470. The van der Waals surface area contributed by atoms with Gasteiger partial charge in [-0.15, -0.1) is 0 Å². The van der Waals surface area contributed by atoms with Crippen LogP contribution in [-0.2, 0) is 4.74 Å². The van der Waals surface area contributed by atoms with E-state index in [-0.39, 0.29) is 26.0 Å². The number of rotatable bonds is 8. The van der Waals surface area contributed by atoms with Crippen LogP contribution in [0.15, 0.2) is 0 Å². The highest BCUT2D eigenvalue weighted by molar-refractivity contribution is 4.78. The number of nitrogens with two attached hydrogens (primary N) is 1. The van der Waals surface area contributed by atoms with Crippen molar-refractivity contribution >= 4 is 0 Å². The highest BCUT2D eigenvalue weighted by Crippen LogP contribution is 2.35. The summed E-state index contributed by atoms with van der Waals surface area (Å²) in [5, 5.41) is 9.71. The number of hydrogen-bond donors (Lipinski definition) is 2. The second-order valence-corrected chi connectivity index (χ2v) is 4.14. The van der Waals surface area contributed by atoms with Crippen molar-refractivity contribution in [1.29, 1.82) is 0 Å². The lowest BCUT2D eigenvalue weighted by Crippen LogP contribution is -2.41. The second kappa shape index (κ2) is 6.63. The predicted molar refractivity (Wildman–Crippen MR) is 55.4 cm³/mol. The summed E-state index contributed by atoms with van der Waals surface area (Å²) in [4.78, 5) is 0. The standard InChI is InChI=1S/C10H18F5NO2/c1-2-8(17,6-16)4-3-5-18-7-9(11,12)10(13,14)15/h17H,2-7,16H2,1H3. The molecule has 0 aromatic carbocycles. The van der Waals surface area contributed by atoms with Crippen LogP contribution < -0.4 is 5.73 Å². The van der Waals surface area contributed by atoms with Gasteiger partial charge >= 0.3 is 12.1 Å². The summed E-state index contributed by atoms with van der Waals surface area (Å²) in [6.45, 7) is -0.286. The van der Waals surface area contributed by atoms with Crippen LogP contribution in [0.3, 0.4) is 0 Å². The van der Waals surface area contributed by atoms with E-state index < -0.39 is 24.3 Å². The van der Waals surface area contributed by atoms with Crippen molar-refractivity contribution in [2.45, 2.75) is 43.9 Å². The monoisotopic (exact) mass is 279 g/mol. The van der Waals surface area contributed by atoms with Gasteiger partial charge in [0.05, 0.1) is 5.60 Å². The molecular formula is C10H18F5NO2. The summed E-state index contributed by atoms with van der Waals surface area (Å²) in [5.41, 5.74) is 4.18. The van der Waals surface area contributed by atoms with Crippen LogP contribution in [0.5, 0.6) is 0 Å². The first-order valence-corrected chi connectivity index (χ1v) is 5.53. The third-order valence-corrected chi connectivity index (χ3v) is 2.67. The molecule has 0 fully saturated rings. The molecule has 8 heteroatoms. The Morgan fingerprint density at radius 1 is 1.17 bits per heavy atom. The van der Waals surface area contributed by atoms with Crippen molar-refractivity contribution in [2.75, 3.05) is 19.8 Å². The Morgan fingerprint density at radius 3 is 2.11 bits per heavy atom. The third-order valence-electron chi connectivity index (χ3n) is 2.67. The van der Waals surface area contributed by atoms with Crippen LogP contribution in [-0.4, -0.2) is 42.6 Å². The van der Waals surface area contributed by atoms with Gasteiger partial charge in [0.2, 0.25) is 0 Å². The lowest BCUT2D eigenvalue weighted by Gasteiger charge is -2.25. The van der Waals surface area contributed by atoms with Crippen molar-refractivity contribution in [2.24, 2.45) is 5.73 Å². The molecule has 3 nitrogen and oxygen atoms in total. The summed E-state index contributed by atoms with van der Waals surface area (Å²) in [7, 11) is 0. The van der Waals surface area contributed by atoms with E-state index >= 15 is 0 Å². The van der Waals surface area contributed by atoms with Crippen LogP contribution >= 0.6 is 0 Å². The molecule has 0 saturated carbocycles.